The van der Waals surface area contributed by atoms with Crippen LogP contribution in [0.1, 0.15) is 6.42 Å². The number of hydrogen-bond acceptors (Lipinski definition) is 2. The van der Waals surface area contributed by atoms with E-state index in [1.807, 2.05) is 6.07 Å². The largest absolute Gasteiger partial charge is 0.246 e. The quantitative estimate of drug-likeness (QED) is 0.517. The molecule has 1 aliphatic rings. The van der Waals surface area contributed by atoms with E-state index >= 15 is 0 Å². The first-order chi connectivity index (χ1) is 4.34. The monoisotopic (exact) mass is 145 g/mol. The third kappa shape index (κ3) is 1.59. The van der Waals surface area contributed by atoms with Crippen LogP contribution in [0.3, 0.4) is 0 Å². The van der Waals surface area contributed by atoms with E-state index in [4.69, 9.17) is 5.26 Å². The summed E-state index contributed by atoms with van der Waals surface area (Å²) in [5.74, 6) is 1.21. The fraction of sp³-hybridized carbons (Fsp3) is 0.833. The van der Waals surface area contributed by atoms with Crippen molar-refractivity contribution in [3.05, 3.63) is 0 Å². The molecule has 0 unspecified atom stereocenters. The van der Waals surface area contributed by atoms with Gasteiger partial charge in [0.2, 0.25) is 0 Å². The predicted octanol–water partition coefficient (Wildman–Crippen LogP) is 1.60. The molecule has 50 valence electrons. The van der Waals surface area contributed by atoms with Crippen molar-refractivity contribution >= 4 is 11.8 Å². The van der Waals surface area contributed by atoms with Crippen LogP contribution in [0.4, 0.5) is 4.39 Å². The highest BCUT2D eigenvalue weighted by molar-refractivity contribution is 7.99. The molecule has 3 heteroatoms. The lowest BCUT2D eigenvalue weighted by molar-refractivity contribution is 0.271. The Balaban J connectivity index is 2.41. The van der Waals surface area contributed by atoms with Gasteiger partial charge in [0, 0.05) is 5.75 Å². The lowest BCUT2D eigenvalue weighted by Crippen LogP contribution is -2.22. The van der Waals surface area contributed by atoms with E-state index in [1.165, 1.54) is 0 Å². The van der Waals surface area contributed by atoms with E-state index in [1.54, 1.807) is 11.8 Å². The van der Waals surface area contributed by atoms with Crippen molar-refractivity contribution in [1.82, 2.24) is 0 Å². The Morgan fingerprint density at radius 2 is 2.44 bits per heavy atom. The van der Waals surface area contributed by atoms with E-state index in [-0.39, 0.29) is 5.92 Å². The van der Waals surface area contributed by atoms with Crippen LogP contribution in [-0.2, 0) is 0 Å². The zero-order chi connectivity index (χ0) is 6.69. The standard InChI is InChI=1S/C6H8FNS/c7-6-1-2-9-4-5(6)3-8/h5-6H,1-2,4H2/t5-,6-/m1/s1. The SMILES string of the molecule is N#C[C@@H]1CSCC[C@H]1F. The number of halogens is 1. The summed E-state index contributed by atoms with van der Waals surface area (Å²) in [6.07, 6.45) is -0.306. The van der Waals surface area contributed by atoms with Crippen LogP contribution in [-0.4, -0.2) is 17.7 Å². The lowest BCUT2D eigenvalue weighted by atomic mass is 10.1. The maximum Gasteiger partial charge on any atom is 0.117 e. The average Bonchev–Trinajstić information content (AvgIpc) is 1.89. The predicted molar refractivity (Wildman–Crippen MR) is 35.9 cm³/mol. The summed E-state index contributed by atoms with van der Waals surface area (Å²) in [5.41, 5.74) is 0. The van der Waals surface area contributed by atoms with Crippen LogP contribution in [0, 0.1) is 17.2 Å². The molecule has 0 radical (unpaired) electrons. The first kappa shape index (κ1) is 6.88. The van der Waals surface area contributed by atoms with E-state index in [0.29, 0.717) is 12.2 Å². The van der Waals surface area contributed by atoms with Gasteiger partial charge >= 0.3 is 0 Å². The number of hydrogen-bond donors (Lipinski definition) is 0. The number of alkyl halides is 1. The van der Waals surface area contributed by atoms with Gasteiger partial charge in [0.1, 0.15) is 6.17 Å². The van der Waals surface area contributed by atoms with Gasteiger partial charge in [-0.25, -0.2) is 4.39 Å². The highest BCUT2D eigenvalue weighted by atomic mass is 32.2. The Hall–Kier alpha value is -0.230. The molecule has 0 aromatic heterocycles. The van der Waals surface area contributed by atoms with Crippen molar-refractivity contribution in [2.75, 3.05) is 11.5 Å². The van der Waals surface area contributed by atoms with Crippen LogP contribution in [0.25, 0.3) is 0 Å². The molecule has 0 saturated carbocycles. The molecule has 0 bridgehead atoms. The minimum Gasteiger partial charge on any atom is -0.246 e. The number of nitrogens with zero attached hydrogens (tertiary/aromatic N) is 1. The molecule has 9 heavy (non-hydrogen) atoms. The minimum atomic E-state index is -0.865. The molecule has 1 saturated heterocycles. The normalized spacial score (nSPS) is 35.6. The van der Waals surface area contributed by atoms with E-state index < -0.39 is 6.17 Å². The molecule has 1 fully saturated rings. The van der Waals surface area contributed by atoms with Gasteiger partial charge in [-0.15, -0.1) is 0 Å². The Morgan fingerprint density at radius 1 is 1.67 bits per heavy atom. The van der Waals surface area contributed by atoms with Gasteiger partial charge in [0.25, 0.3) is 0 Å². The molecule has 1 rings (SSSR count). The highest BCUT2D eigenvalue weighted by Crippen LogP contribution is 2.24. The van der Waals surface area contributed by atoms with Gasteiger partial charge in [-0.05, 0) is 12.2 Å². The molecule has 0 N–H and O–H groups in total. The van der Waals surface area contributed by atoms with Crippen LogP contribution in [0.2, 0.25) is 0 Å². The number of thioether (sulfide) groups is 1. The zero-order valence-electron chi connectivity index (χ0n) is 5.01. The third-order valence-corrected chi connectivity index (χ3v) is 2.56. The third-order valence-electron chi connectivity index (χ3n) is 1.44. The fourth-order valence-corrected chi connectivity index (χ4v) is 1.93. The first-order valence-corrected chi connectivity index (χ1v) is 4.11. The lowest BCUT2D eigenvalue weighted by Gasteiger charge is -2.18. The highest BCUT2D eigenvalue weighted by Gasteiger charge is 2.24. The maximum atomic E-state index is 12.6. The first-order valence-electron chi connectivity index (χ1n) is 2.96. The molecular weight excluding hydrogens is 137 g/mol. The number of rotatable bonds is 0. The molecule has 1 heterocycles. The van der Waals surface area contributed by atoms with Crippen LogP contribution >= 0.6 is 11.8 Å². The molecule has 0 aliphatic carbocycles. The van der Waals surface area contributed by atoms with E-state index in [2.05, 4.69) is 0 Å². The van der Waals surface area contributed by atoms with Crippen LogP contribution < -0.4 is 0 Å². The van der Waals surface area contributed by atoms with E-state index in [0.717, 1.165) is 5.75 Å². The second kappa shape index (κ2) is 3.07. The van der Waals surface area contributed by atoms with Gasteiger partial charge in [-0.1, -0.05) is 0 Å². The minimum absolute atomic E-state index is 0.344. The van der Waals surface area contributed by atoms with Crippen molar-refractivity contribution in [3.8, 4) is 6.07 Å². The van der Waals surface area contributed by atoms with Crippen molar-refractivity contribution < 1.29 is 4.39 Å². The maximum absolute atomic E-state index is 12.6. The van der Waals surface area contributed by atoms with Crippen molar-refractivity contribution in [3.63, 3.8) is 0 Å². The summed E-state index contributed by atoms with van der Waals surface area (Å²) < 4.78 is 12.6. The number of nitriles is 1. The molecule has 0 spiro atoms. The van der Waals surface area contributed by atoms with Crippen LogP contribution in [0.15, 0.2) is 0 Å². The van der Waals surface area contributed by atoms with Gasteiger partial charge in [0.05, 0.1) is 12.0 Å². The summed E-state index contributed by atoms with van der Waals surface area (Å²) in [5, 5.41) is 8.36. The molecule has 1 nitrogen and oxygen atoms in total. The summed E-state index contributed by atoms with van der Waals surface area (Å²) >= 11 is 1.67. The van der Waals surface area contributed by atoms with Gasteiger partial charge in [-0.2, -0.15) is 17.0 Å². The van der Waals surface area contributed by atoms with Crippen LogP contribution in [0.5, 0.6) is 0 Å². The second-order valence-electron chi connectivity index (χ2n) is 2.12. The zero-order valence-corrected chi connectivity index (χ0v) is 5.83. The van der Waals surface area contributed by atoms with Gasteiger partial charge < -0.3 is 0 Å². The second-order valence-corrected chi connectivity index (χ2v) is 3.27. The molecule has 0 aromatic carbocycles. The summed E-state index contributed by atoms with van der Waals surface area (Å²) in [6, 6.07) is 1.96. The van der Waals surface area contributed by atoms with Crippen molar-refractivity contribution in [1.29, 1.82) is 5.26 Å². The Kier molecular flexibility index (Phi) is 2.35. The van der Waals surface area contributed by atoms with Crippen molar-refractivity contribution in [2.45, 2.75) is 12.6 Å². The Morgan fingerprint density at radius 3 is 2.89 bits per heavy atom. The summed E-state index contributed by atoms with van der Waals surface area (Å²) in [4.78, 5) is 0. The Bertz CT molecular complexity index is 132. The van der Waals surface area contributed by atoms with Crippen molar-refractivity contribution in [2.24, 2.45) is 5.92 Å². The topological polar surface area (TPSA) is 23.8 Å². The smallest absolute Gasteiger partial charge is 0.117 e. The Labute approximate surface area is 58.2 Å². The average molecular weight is 145 g/mol. The fourth-order valence-electron chi connectivity index (χ4n) is 0.830. The molecular formula is C6H8FNS. The van der Waals surface area contributed by atoms with Gasteiger partial charge in [-0.3, -0.25) is 0 Å². The molecule has 2 atom stereocenters. The molecule has 1 aliphatic heterocycles. The van der Waals surface area contributed by atoms with Gasteiger partial charge in [0.15, 0.2) is 0 Å². The molecule has 0 amide bonds. The molecule has 0 aromatic rings. The summed E-state index contributed by atoms with van der Waals surface area (Å²) in [7, 11) is 0. The summed E-state index contributed by atoms with van der Waals surface area (Å²) in [6.45, 7) is 0. The van der Waals surface area contributed by atoms with E-state index in [9.17, 15) is 4.39 Å².